The molecule has 0 spiro atoms. The number of nitrogens with one attached hydrogen (secondary N) is 1. The Morgan fingerprint density at radius 3 is 2.50 bits per heavy atom. The summed E-state index contributed by atoms with van der Waals surface area (Å²) in [7, 11) is 0. The number of halogens is 1. The number of aryl methyl sites for hydroxylation is 1. The predicted molar refractivity (Wildman–Crippen MR) is 91.5 cm³/mol. The Morgan fingerprint density at radius 2 is 1.91 bits per heavy atom. The number of amides is 1. The average Bonchev–Trinajstić information content (AvgIpc) is 2.50. The summed E-state index contributed by atoms with van der Waals surface area (Å²) in [6.45, 7) is 6.28. The first-order chi connectivity index (χ1) is 10.5. The van der Waals surface area contributed by atoms with Gasteiger partial charge in [0, 0.05) is 6.20 Å². The van der Waals surface area contributed by atoms with Gasteiger partial charge >= 0.3 is 0 Å². The first-order valence-electron chi connectivity index (χ1n) is 7.53. The third kappa shape index (κ3) is 4.08. The van der Waals surface area contributed by atoms with Crippen LogP contribution in [-0.4, -0.2) is 10.9 Å². The van der Waals surface area contributed by atoms with Crippen molar-refractivity contribution in [3.05, 3.63) is 58.4 Å². The van der Waals surface area contributed by atoms with Gasteiger partial charge in [-0.1, -0.05) is 56.6 Å². The molecule has 0 aliphatic carbocycles. The maximum atomic E-state index is 12.2. The van der Waals surface area contributed by atoms with Gasteiger partial charge in [0.05, 0.1) is 22.8 Å². The molecule has 1 N–H and O–H groups in total. The number of anilines is 1. The van der Waals surface area contributed by atoms with E-state index in [1.807, 2.05) is 19.1 Å². The predicted octanol–water partition coefficient (Wildman–Crippen LogP) is 4.60. The minimum Gasteiger partial charge on any atom is -0.324 e. The normalized spacial score (nSPS) is 10.8. The number of hydrogen-bond donors (Lipinski definition) is 1. The van der Waals surface area contributed by atoms with Gasteiger partial charge in [0.15, 0.2) is 0 Å². The molecule has 2 aromatic rings. The molecule has 0 atom stereocenters. The van der Waals surface area contributed by atoms with E-state index in [4.69, 9.17) is 11.6 Å². The summed E-state index contributed by atoms with van der Waals surface area (Å²) in [5.41, 5.74) is 3.68. The Hall–Kier alpha value is -1.87. The van der Waals surface area contributed by atoms with Crippen molar-refractivity contribution < 1.29 is 4.79 Å². The Kier molecular flexibility index (Phi) is 5.56. The zero-order valence-corrected chi connectivity index (χ0v) is 13.9. The van der Waals surface area contributed by atoms with Crippen molar-refractivity contribution in [3.8, 4) is 0 Å². The highest BCUT2D eigenvalue weighted by Crippen LogP contribution is 2.24. The number of rotatable bonds is 5. The van der Waals surface area contributed by atoms with E-state index in [1.165, 1.54) is 5.56 Å². The fourth-order valence-electron chi connectivity index (χ4n) is 2.23. The molecule has 0 aliphatic heterocycles. The Bertz CT molecular complexity index is 651. The van der Waals surface area contributed by atoms with Gasteiger partial charge in [0.1, 0.15) is 0 Å². The Labute approximate surface area is 136 Å². The molecule has 0 saturated heterocycles. The highest BCUT2D eigenvalue weighted by molar-refractivity contribution is 6.34. The van der Waals surface area contributed by atoms with E-state index in [-0.39, 0.29) is 5.91 Å². The van der Waals surface area contributed by atoms with Crippen molar-refractivity contribution in [1.82, 2.24) is 4.98 Å². The molecule has 1 heterocycles. The lowest BCUT2D eigenvalue weighted by atomic mass is 10.0. The lowest BCUT2D eigenvalue weighted by molar-refractivity contribution is -0.115. The topological polar surface area (TPSA) is 42.0 Å². The van der Waals surface area contributed by atoms with Gasteiger partial charge < -0.3 is 5.32 Å². The van der Waals surface area contributed by atoms with E-state index in [0.29, 0.717) is 23.0 Å². The van der Waals surface area contributed by atoms with Crippen LogP contribution in [-0.2, 0) is 17.6 Å². The monoisotopic (exact) mass is 316 g/mol. The van der Waals surface area contributed by atoms with Crippen LogP contribution in [0.3, 0.4) is 0 Å². The second-order valence-corrected chi connectivity index (χ2v) is 5.97. The summed E-state index contributed by atoms with van der Waals surface area (Å²) in [6, 6.07) is 9.87. The van der Waals surface area contributed by atoms with Gasteiger partial charge in [-0.05, 0) is 29.5 Å². The second-order valence-electron chi connectivity index (χ2n) is 5.59. The van der Waals surface area contributed by atoms with Crippen LogP contribution in [0.5, 0.6) is 0 Å². The zero-order chi connectivity index (χ0) is 16.1. The van der Waals surface area contributed by atoms with Crippen LogP contribution >= 0.6 is 11.6 Å². The van der Waals surface area contributed by atoms with E-state index in [2.05, 4.69) is 36.3 Å². The number of benzene rings is 1. The SMILES string of the molecule is CCc1nccc(NC(=O)Cc2ccc(C(C)C)cc2)c1Cl. The minimum atomic E-state index is -0.0764. The first-order valence-corrected chi connectivity index (χ1v) is 7.91. The van der Waals surface area contributed by atoms with Crippen LogP contribution < -0.4 is 5.32 Å². The third-order valence-corrected chi connectivity index (χ3v) is 4.00. The molecule has 0 bridgehead atoms. The molecule has 0 fully saturated rings. The van der Waals surface area contributed by atoms with Crippen molar-refractivity contribution in [2.24, 2.45) is 0 Å². The molecule has 0 saturated carbocycles. The molecule has 1 aromatic carbocycles. The summed E-state index contributed by atoms with van der Waals surface area (Å²) in [5.74, 6) is 0.415. The number of hydrogen-bond acceptors (Lipinski definition) is 2. The second kappa shape index (κ2) is 7.41. The Morgan fingerprint density at radius 1 is 1.23 bits per heavy atom. The van der Waals surface area contributed by atoms with Crippen LogP contribution in [0, 0.1) is 0 Å². The van der Waals surface area contributed by atoms with Gasteiger partial charge in [-0.15, -0.1) is 0 Å². The van der Waals surface area contributed by atoms with Gasteiger partial charge in [-0.3, -0.25) is 9.78 Å². The maximum Gasteiger partial charge on any atom is 0.228 e. The van der Waals surface area contributed by atoms with Crippen LogP contribution in [0.2, 0.25) is 5.02 Å². The lowest BCUT2D eigenvalue weighted by Gasteiger charge is -2.10. The molecular weight excluding hydrogens is 296 g/mol. The number of carbonyl (C=O) groups is 1. The van der Waals surface area contributed by atoms with Crippen molar-refractivity contribution >= 4 is 23.2 Å². The summed E-state index contributed by atoms with van der Waals surface area (Å²) >= 11 is 6.23. The Balaban J connectivity index is 2.04. The molecule has 0 unspecified atom stereocenters. The van der Waals surface area contributed by atoms with Crippen LogP contribution in [0.15, 0.2) is 36.5 Å². The smallest absolute Gasteiger partial charge is 0.228 e. The van der Waals surface area contributed by atoms with Gasteiger partial charge in [-0.25, -0.2) is 0 Å². The van der Waals surface area contributed by atoms with Crippen molar-refractivity contribution in [1.29, 1.82) is 0 Å². The number of nitrogens with zero attached hydrogens (tertiary/aromatic N) is 1. The molecule has 1 aromatic heterocycles. The molecule has 2 rings (SSSR count). The average molecular weight is 317 g/mol. The molecule has 22 heavy (non-hydrogen) atoms. The minimum absolute atomic E-state index is 0.0764. The fraction of sp³-hybridized carbons (Fsp3) is 0.333. The molecule has 116 valence electrons. The highest BCUT2D eigenvalue weighted by Gasteiger charge is 2.10. The standard InChI is InChI=1S/C18H21ClN2O/c1-4-15-18(19)16(9-10-20-15)21-17(22)11-13-5-7-14(8-6-13)12(2)3/h5-10,12H,4,11H2,1-3H3,(H,20,21,22). The fourth-order valence-corrected chi connectivity index (χ4v) is 2.52. The number of aromatic nitrogens is 1. The zero-order valence-electron chi connectivity index (χ0n) is 13.2. The molecule has 4 heteroatoms. The number of carbonyl (C=O) groups excluding carboxylic acids is 1. The summed E-state index contributed by atoms with van der Waals surface area (Å²) in [4.78, 5) is 16.4. The molecular formula is C18H21ClN2O. The third-order valence-electron chi connectivity index (χ3n) is 3.58. The van der Waals surface area contributed by atoms with Gasteiger partial charge in [0.2, 0.25) is 5.91 Å². The van der Waals surface area contributed by atoms with E-state index >= 15 is 0 Å². The molecule has 0 aliphatic rings. The van der Waals surface area contributed by atoms with E-state index in [0.717, 1.165) is 17.7 Å². The van der Waals surface area contributed by atoms with Crippen molar-refractivity contribution in [2.45, 2.75) is 39.5 Å². The van der Waals surface area contributed by atoms with Crippen LogP contribution in [0.4, 0.5) is 5.69 Å². The first kappa shape index (κ1) is 16.5. The van der Waals surface area contributed by atoms with Gasteiger partial charge in [0.25, 0.3) is 0 Å². The van der Waals surface area contributed by atoms with Crippen molar-refractivity contribution in [3.63, 3.8) is 0 Å². The maximum absolute atomic E-state index is 12.2. The summed E-state index contributed by atoms with van der Waals surface area (Å²) in [6.07, 6.45) is 2.73. The molecule has 0 radical (unpaired) electrons. The van der Waals surface area contributed by atoms with E-state index in [9.17, 15) is 4.79 Å². The summed E-state index contributed by atoms with van der Waals surface area (Å²) in [5, 5.41) is 3.38. The summed E-state index contributed by atoms with van der Waals surface area (Å²) < 4.78 is 0. The van der Waals surface area contributed by atoms with E-state index in [1.54, 1.807) is 12.3 Å². The lowest BCUT2D eigenvalue weighted by Crippen LogP contribution is -2.15. The largest absolute Gasteiger partial charge is 0.324 e. The van der Waals surface area contributed by atoms with Gasteiger partial charge in [-0.2, -0.15) is 0 Å². The van der Waals surface area contributed by atoms with E-state index < -0.39 is 0 Å². The molecule has 1 amide bonds. The van der Waals surface area contributed by atoms with Crippen molar-refractivity contribution in [2.75, 3.05) is 5.32 Å². The quantitative estimate of drug-likeness (QED) is 0.875. The number of pyridine rings is 1. The van der Waals surface area contributed by atoms with Crippen LogP contribution in [0.1, 0.15) is 43.5 Å². The molecule has 3 nitrogen and oxygen atoms in total. The van der Waals surface area contributed by atoms with Crippen LogP contribution in [0.25, 0.3) is 0 Å². The highest BCUT2D eigenvalue weighted by atomic mass is 35.5.